The number of amides is 2. The number of rotatable bonds is 3. The van der Waals surface area contributed by atoms with Crippen molar-refractivity contribution >= 4 is 11.7 Å². The fraction of sp³-hybridized carbons (Fsp3) is 0.333. The number of aromatic nitrogens is 2. The van der Waals surface area contributed by atoms with Gasteiger partial charge in [-0.25, -0.2) is 9.78 Å². The molecule has 2 aromatic rings. The summed E-state index contributed by atoms with van der Waals surface area (Å²) in [5.41, 5.74) is 2.81. The van der Waals surface area contributed by atoms with Crippen LogP contribution in [0.5, 0.6) is 0 Å². The average Bonchev–Trinajstić information content (AvgIpc) is 3.12. The Kier molecular flexibility index (Phi) is 3.67. The zero-order valence-corrected chi connectivity index (χ0v) is 11.2. The van der Waals surface area contributed by atoms with Gasteiger partial charge >= 0.3 is 6.03 Å². The zero-order valence-electron chi connectivity index (χ0n) is 11.2. The number of anilines is 1. The summed E-state index contributed by atoms with van der Waals surface area (Å²) >= 11 is 0. The monoisotopic (exact) mass is 270 g/mol. The van der Waals surface area contributed by atoms with Gasteiger partial charge in [0.2, 0.25) is 0 Å². The summed E-state index contributed by atoms with van der Waals surface area (Å²) in [6.45, 7) is 0. The first-order valence-corrected chi connectivity index (χ1v) is 6.97. The van der Waals surface area contributed by atoms with Crippen molar-refractivity contribution in [3.05, 3.63) is 36.8 Å². The van der Waals surface area contributed by atoms with Crippen LogP contribution in [0, 0.1) is 0 Å². The summed E-state index contributed by atoms with van der Waals surface area (Å²) in [5.74, 6) is 0. The van der Waals surface area contributed by atoms with Crippen LogP contribution in [-0.4, -0.2) is 22.0 Å². The zero-order chi connectivity index (χ0) is 13.8. The Morgan fingerprint density at radius 3 is 2.60 bits per heavy atom. The number of carbonyl (C=O) groups is 1. The van der Waals surface area contributed by atoms with Crippen molar-refractivity contribution in [2.75, 3.05) is 5.32 Å². The van der Waals surface area contributed by atoms with E-state index in [2.05, 4.69) is 20.6 Å². The molecule has 1 heterocycles. The number of urea groups is 1. The Labute approximate surface area is 117 Å². The normalized spacial score (nSPS) is 15.2. The third-order valence-corrected chi connectivity index (χ3v) is 3.64. The maximum Gasteiger partial charge on any atom is 0.319 e. The maximum atomic E-state index is 11.8. The smallest absolute Gasteiger partial charge is 0.319 e. The van der Waals surface area contributed by atoms with E-state index in [1.54, 1.807) is 12.5 Å². The number of hydrogen-bond donors (Lipinski definition) is 3. The third kappa shape index (κ3) is 2.99. The number of H-pyrrole nitrogens is 1. The Hall–Kier alpha value is -2.30. The highest BCUT2D eigenvalue weighted by Crippen LogP contribution is 2.20. The molecule has 2 amide bonds. The minimum Gasteiger partial charge on any atom is -0.345 e. The van der Waals surface area contributed by atoms with E-state index in [1.165, 1.54) is 12.8 Å². The second-order valence-corrected chi connectivity index (χ2v) is 5.12. The number of carbonyl (C=O) groups excluding carboxylic acids is 1. The third-order valence-electron chi connectivity index (χ3n) is 3.64. The number of benzene rings is 1. The van der Waals surface area contributed by atoms with Gasteiger partial charge in [0.15, 0.2) is 0 Å². The van der Waals surface area contributed by atoms with E-state index in [1.807, 2.05) is 24.3 Å². The van der Waals surface area contributed by atoms with Gasteiger partial charge in [0.05, 0.1) is 18.2 Å². The molecule has 1 aliphatic rings. The van der Waals surface area contributed by atoms with E-state index in [0.29, 0.717) is 6.04 Å². The number of aromatic amines is 1. The first-order chi connectivity index (χ1) is 9.81. The van der Waals surface area contributed by atoms with Gasteiger partial charge < -0.3 is 15.6 Å². The molecule has 3 N–H and O–H groups in total. The lowest BCUT2D eigenvalue weighted by Gasteiger charge is -2.13. The minimum absolute atomic E-state index is 0.119. The van der Waals surface area contributed by atoms with Crippen molar-refractivity contribution < 1.29 is 4.79 Å². The van der Waals surface area contributed by atoms with Gasteiger partial charge in [-0.05, 0) is 30.5 Å². The van der Waals surface area contributed by atoms with Gasteiger partial charge in [0, 0.05) is 11.7 Å². The Morgan fingerprint density at radius 1 is 1.20 bits per heavy atom. The second-order valence-electron chi connectivity index (χ2n) is 5.12. The van der Waals surface area contributed by atoms with Gasteiger partial charge in [-0.3, -0.25) is 0 Å². The molecule has 0 saturated heterocycles. The SMILES string of the molecule is O=C(Nc1ccc(-c2cnc[nH]2)cc1)NC1CCCC1. The van der Waals surface area contributed by atoms with Crippen molar-refractivity contribution in [1.29, 1.82) is 0 Å². The standard InChI is InChI=1S/C15H18N4O/c20-15(18-12-3-1-2-4-12)19-13-7-5-11(6-8-13)14-9-16-10-17-14/h5-10,12H,1-4H2,(H,16,17)(H2,18,19,20). The average molecular weight is 270 g/mol. The maximum absolute atomic E-state index is 11.8. The predicted octanol–water partition coefficient (Wildman–Crippen LogP) is 3.14. The van der Waals surface area contributed by atoms with Crippen LogP contribution in [-0.2, 0) is 0 Å². The lowest BCUT2D eigenvalue weighted by atomic mass is 10.1. The quantitative estimate of drug-likeness (QED) is 0.802. The summed E-state index contributed by atoms with van der Waals surface area (Å²) in [5, 5.41) is 5.87. The summed E-state index contributed by atoms with van der Waals surface area (Å²) in [4.78, 5) is 18.9. The molecule has 0 atom stereocenters. The topological polar surface area (TPSA) is 69.8 Å². The molecule has 0 bridgehead atoms. The van der Waals surface area contributed by atoms with Crippen molar-refractivity contribution in [2.45, 2.75) is 31.7 Å². The van der Waals surface area contributed by atoms with E-state index in [-0.39, 0.29) is 6.03 Å². The molecule has 3 rings (SSSR count). The Balaban J connectivity index is 1.59. The van der Waals surface area contributed by atoms with Crippen molar-refractivity contribution in [2.24, 2.45) is 0 Å². The summed E-state index contributed by atoms with van der Waals surface area (Å²) in [6.07, 6.45) is 8.03. The first-order valence-electron chi connectivity index (χ1n) is 6.97. The van der Waals surface area contributed by atoms with Crippen LogP contribution in [0.1, 0.15) is 25.7 Å². The second kappa shape index (κ2) is 5.77. The van der Waals surface area contributed by atoms with Crippen LogP contribution < -0.4 is 10.6 Å². The largest absolute Gasteiger partial charge is 0.345 e. The van der Waals surface area contributed by atoms with E-state index in [9.17, 15) is 4.79 Å². The lowest BCUT2D eigenvalue weighted by molar-refractivity contribution is 0.248. The molecule has 1 aliphatic carbocycles. The van der Waals surface area contributed by atoms with Crippen molar-refractivity contribution in [1.82, 2.24) is 15.3 Å². The summed E-state index contributed by atoms with van der Waals surface area (Å²) < 4.78 is 0. The van der Waals surface area contributed by atoms with Gasteiger partial charge in [-0.2, -0.15) is 0 Å². The number of nitrogens with zero attached hydrogens (tertiary/aromatic N) is 1. The highest BCUT2D eigenvalue weighted by Gasteiger charge is 2.16. The highest BCUT2D eigenvalue weighted by atomic mass is 16.2. The first kappa shape index (κ1) is 12.7. The van der Waals surface area contributed by atoms with Gasteiger partial charge in [-0.1, -0.05) is 25.0 Å². The van der Waals surface area contributed by atoms with Crippen molar-refractivity contribution in [3.8, 4) is 11.3 Å². The highest BCUT2D eigenvalue weighted by molar-refractivity contribution is 5.89. The fourth-order valence-corrected chi connectivity index (χ4v) is 2.57. The molecule has 104 valence electrons. The van der Waals surface area contributed by atoms with Crippen molar-refractivity contribution in [3.63, 3.8) is 0 Å². The number of imidazole rings is 1. The van der Waals surface area contributed by atoms with E-state index < -0.39 is 0 Å². The molecule has 0 radical (unpaired) electrons. The molecule has 5 heteroatoms. The number of hydrogen-bond acceptors (Lipinski definition) is 2. The molecular formula is C15H18N4O. The van der Waals surface area contributed by atoms with Gasteiger partial charge in [-0.15, -0.1) is 0 Å². The molecule has 1 saturated carbocycles. The molecule has 20 heavy (non-hydrogen) atoms. The minimum atomic E-state index is -0.119. The fourth-order valence-electron chi connectivity index (χ4n) is 2.57. The van der Waals surface area contributed by atoms with Crippen LogP contribution in [0.2, 0.25) is 0 Å². The molecule has 1 fully saturated rings. The predicted molar refractivity (Wildman–Crippen MR) is 78.4 cm³/mol. The van der Waals surface area contributed by atoms with E-state index >= 15 is 0 Å². The Bertz CT molecular complexity index is 556. The summed E-state index contributed by atoms with van der Waals surface area (Å²) in [6, 6.07) is 7.91. The van der Waals surface area contributed by atoms with Crippen LogP contribution in [0.15, 0.2) is 36.8 Å². The molecule has 1 aromatic carbocycles. The molecule has 0 unspecified atom stereocenters. The van der Waals surface area contributed by atoms with Gasteiger partial charge in [0.25, 0.3) is 0 Å². The summed E-state index contributed by atoms with van der Waals surface area (Å²) in [7, 11) is 0. The van der Waals surface area contributed by atoms with Crippen LogP contribution >= 0.6 is 0 Å². The molecule has 0 spiro atoms. The Morgan fingerprint density at radius 2 is 1.95 bits per heavy atom. The lowest BCUT2D eigenvalue weighted by Crippen LogP contribution is -2.36. The van der Waals surface area contributed by atoms with Crippen LogP contribution in [0.4, 0.5) is 10.5 Å². The van der Waals surface area contributed by atoms with E-state index in [0.717, 1.165) is 29.8 Å². The molecule has 5 nitrogen and oxygen atoms in total. The van der Waals surface area contributed by atoms with Crippen LogP contribution in [0.25, 0.3) is 11.3 Å². The molecular weight excluding hydrogens is 252 g/mol. The van der Waals surface area contributed by atoms with E-state index in [4.69, 9.17) is 0 Å². The molecule has 0 aliphatic heterocycles. The number of nitrogens with one attached hydrogen (secondary N) is 3. The van der Waals surface area contributed by atoms with Crippen LogP contribution in [0.3, 0.4) is 0 Å². The van der Waals surface area contributed by atoms with Gasteiger partial charge in [0.1, 0.15) is 0 Å². The molecule has 1 aromatic heterocycles.